The standard InChI is InChI=1S/C16H21N5O3/c1-21-11-18-20-14(21)5-6-15(22)19-12-10-23-9-7-13(12)24-16-4-2-3-8-17-16/h2-4,8,11-13H,5-7,9-10H2,1H3,(H,19,22)/t12-,13-/m1/s1. The Hall–Kier alpha value is -2.48. The molecule has 0 unspecified atom stereocenters. The van der Waals surface area contributed by atoms with Crippen LogP contribution in [-0.2, 0) is 23.0 Å². The van der Waals surface area contributed by atoms with Gasteiger partial charge in [0.05, 0.1) is 19.3 Å². The molecule has 3 heterocycles. The average molecular weight is 331 g/mol. The van der Waals surface area contributed by atoms with Gasteiger partial charge in [-0.15, -0.1) is 10.2 Å². The van der Waals surface area contributed by atoms with Gasteiger partial charge in [0, 0.05) is 38.6 Å². The normalized spacial score (nSPS) is 20.5. The zero-order valence-electron chi connectivity index (χ0n) is 13.6. The van der Waals surface area contributed by atoms with Gasteiger partial charge < -0.3 is 19.4 Å². The number of rotatable bonds is 6. The lowest BCUT2D eigenvalue weighted by Crippen LogP contribution is -2.52. The van der Waals surface area contributed by atoms with Crippen LogP contribution >= 0.6 is 0 Å². The number of nitrogens with one attached hydrogen (secondary N) is 1. The van der Waals surface area contributed by atoms with Crippen molar-refractivity contribution in [2.24, 2.45) is 7.05 Å². The first kappa shape index (κ1) is 16.4. The molecule has 1 N–H and O–H groups in total. The van der Waals surface area contributed by atoms with Gasteiger partial charge in [0.1, 0.15) is 18.3 Å². The minimum atomic E-state index is -0.187. The molecule has 2 aromatic rings. The van der Waals surface area contributed by atoms with E-state index in [9.17, 15) is 4.79 Å². The van der Waals surface area contributed by atoms with Crippen molar-refractivity contribution in [1.82, 2.24) is 25.1 Å². The first-order valence-corrected chi connectivity index (χ1v) is 8.00. The fourth-order valence-electron chi connectivity index (χ4n) is 2.60. The van der Waals surface area contributed by atoms with Gasteiger partial charge in [-0.3, -0.25) is 4.79 Å². The number of amides is 1. The number of hydrogen-bond acceptors (Lipinski definition) is 6. The third kappa shape index (κ3) is 4.29. The SMILES string of the molecule is Cn1cnnc1CCC(=O)N[C@@H]1COCC[C@H]1Oc1ccccn1. The Morgan fingerprint density at radius 3 is 3.17 bits per heavy atom. The summed E-state index contributed by atoms with van der Waals surface area (Å²) in [7, 11) is 1.86. The highest BCUT2D eigenvalue weighted by Gasteiger charge is 2.29. The Kier molecular flexibility index (Phi) is 5.37. The van der Waals surface area contributed by atoms with Crippen LogP contribution in [0.5, 0.6) is 5.88 Å². The lowest BCUT2D eigenvalue weighted by Gasteiger charge is -2.32. The monoisotopic (exact) mass is 331 g/mol. The highest BCUT2D eigenvalue weighted by atomic mass is 16.5. The van der Waals surface area contributed by atoms with Crippen LogP contribution in [0.1, 0.15) is 18.7 Å². The van der Waals surface area contributed by atoms with Crippen molar-refractivity contribution < 1.29 is 14.3 Å². The molecule has 2 aromatic heterocycles. The lowest BCUT2D eigenvalue weighted by molar-refractivity contribution is -0.124. The number of pyridine rings is 1. The summed E-state index contributed by atoms with van der Waals surface area (Å²) in [4.78, 5) is 16.4. The number of carbonyl (C=O) groups is 1. The quantitative estimate of drug-likeness (QED) is 0.829. The van der Waals surface area contributed by atoms with Gasteiger partial charge >= 0.3 is 0 Å². The summed E-state index contributed by atoms with van der Waals surface area (Å²) in [6.45, 7) is 1.05. The lowest BCUT2D eigenvalue weighted by atomic mass is 10.1. The summed E-state index contributed by atoms with van der Waals surface area (Å²) in [5.74, 6) is 1.29. The van der Waals surface area contributed by atoms with E-state index in [1.807, 2.05) is 29.8 Å². The third-order valence-corrected chi connectivity index (χ3v) is 3.93. The fraction of sp³-hybridized carbons (Fsp3) is 0.500. The van der Waals surface area contributed by atoms with Crippen LogP contribution in [0.2, 0.25) is 0 Å². The van der Waals surface area contributed by atoms with Crippen LogP contribution in [0.3, 0.4) is 0 Å². The summed E-state index contributed by atoms with van der Waals surface area (Å²) < 4.78 is 13.2. The largest absolute Gasteiger partial charge is 0.472 e. The number of aromatic nitrogens is 4. The Morgan fingerprint density at radius 1 is 1.50 bits per heavy atom. The zero-order chi connectivity index (χ0) is 16.8. The van der Waals surface area contributed by atoms with Crippen LogP contribution in [0, 0.1) is 0 Å². The van der Waals surface area contributed by atoms with Crippen molar-refractivity contribution in [2.45, 2.75) is 31.4 Å². The molecule has 1 amide bonds. The van der Waals surface area contributed by atoms with Crippen molar-refractivity contribution >= 4 is 5.91 Å². The maximum Gasteiger partial charge on any atom is 0.220 e. The molecular weight excluding hydrogens is 310 g/mol. The molecule has 0 aliphatic carbocycles. The van der Waals surface area contributed by atoms with Crippen LogP contribution in [0.4, 0.5) is 0 Å². The number of hydrogen-bond donors (Lipinski definition) is 1. The smallest absolute Gasteiger partial charge is 0.220 e. The summed E-state index contributed by atoms with van der Waals surface area (Å²) in [6, 6.07) is 5.33. The van der Waals surface area contributed by atoms with Crippen LogP contribution in [0.25, 0.3) is 0 Å². The third-order valence-electron chi connectivity index (χ3n) is 3.93. The summed E-state index contributed by atoms with van der Waals surface area (Å²) >= 11 is 0. The van der Waals surface area contributed by atoms with E-state index in [4.69, 9.17) is 9.47 Å². The number of aryl methyl sites for hydroxylation is 2. The Balaban J connectivity index is 1.53. The zero-order valence-corrected chi connectivity index (χ0v) is 13.6. The molecule has 1 aliphatic heterocycles. The summed E-state index contributed by atoms with van der Waals surface area (Å²) in [5.41, 5.74) is 0. The minimum Gasteiger partial charge on any atom is -0.472 e. The van der Waals surface area contributed by atoms with E-state index in [1.54, 1.807) is 12.5 Å². The maximum absolute atomic E-state index is 12.2. The van der Waals surface area contributed by atoms with Gasteiger partial charge in [0.2, 0.25) is 11.8 Å². The predicted molar refractivity (Wildman–Crippen MR) is 85.3 cm³/mol. The molecule has 1 fully saturated rings. The van der Waals surface area contributed by atoms with Crippen molar-refractivity contribution in [1.29, 1.82) is 0 Å². The molecule has 1 saturated heterocycles. The second kappa shape index (κ2) is 7.87. The van der Waals surface area contributed by atoms with Gasteiger partial charge in [-0.1, -0.05) is 6.07 Å². The molecular formula is C16H21N5O3. The Labute approximate surface area is 140 Å². The molecule has 0 spiro atoms. The highest BCUT2D eigenvalue weighted by molar-refractivity contribution is 5.76. The minimum absolute atomic E-state index is 0.0527. The van der Waals surface area contributed by atoms with E-state index in [0.29, 0.717) is 38.4 Å². The molecule has 0 bridgehead atoms. The first-order chi connectivity index (χ1) is 11.7. The van der Waals surface area contributed by atoms with Gasteiger partial charge in [0.15, 0.2) is 0 Å². The van der Waals surface area contributed by atoms with E-state index in [2.05, 4.69) is 20.5 Å². The average Bonchev–Trinajstić information content (AvgIpc) is 3.01. The van der Waals surface area contributed by atoms with E-state index in [-0.39, 0.29) is 18.1 Å². The van der Waals surface area contributed by atoms with Gasteiger partial charge in [-0.05, 0) is 6.07 Å². The molecule has 8 nitrogen and oxygen atoms in total. The van der Waals surface area contributed by atoms with Gasteiger partial charge in [-0.25, -0.2) is 4.98 Å². The van der Waals surface area contributed by atoms with E-state index in [1.165, 1.54) is 0 Å². The highest BCUT2D eigenvalue weighted by Crippen LogP contribution is 2.16. The van der Waals surface area contributed by atoms with Crippen molar-refractivity contribution in [3.63, 3.8) is 0 Å². The second-order valence-electron chi connectivity index (χ2n) is 5.72. The molecule has 1 aliphatic rings. The molecule has 128 valence electrons. The molecule has 3 rings (SSSR count). The number of carbonyl (C=O) groups excluding carboxylic acids is 1. The number of ether oxygens (including phenoxy) is 2. The summed E-state index contributed by atoms with van der Waals surface area (Å²) in [5, 5.41) is 10.8. The van der Waals surface area contributed by atoms with Gasteiger partial charge in [-0.2, -0.15) is 0 Å². The maximum atomic E-state index is 12.2. The molecule has 0 aromatic carbocycles. The van der Waals surface area contributed by atoms with Crippen molar-refractivity contribution in [3.8, 4) is 5.88 Å². The van der Waals surface area contributed by atoms with Crippen molar-refractivity contribution in [3.05, 3.63) is 36.5 Å². The van der Waals surface area contributed by atoms with Crippen LogP contribution in [0.15, 0.2) is 30.7 Å². The topological polar surface area (TPSA) is 91.2 Å². The Morgan fingerprint density at radius 2 is 2.42 bits per heavy atom. The van der Waals surface area contributed by atoms with Crippen LogP contribution < -0.4 is 10.1 Å². The van der Waals surface area contributed by atoms with Crippen molar-refractivity contribution in [2.75, 3.05) is 13.2 Å². The predicted octanol–water partition coefficient (Wildman–Crippen LogP) is 0.495. The van der Waals surface area contributed by atoms with Crippen LogP contribution in [-0.4, -0.2) is 51.0 Å². The fourth-order valence-corrected chi connectivity index (χ4v) is 2.60. The van der Waals surface area contributed by atoms with E-state index >= 15 is 0 Å². The van der Waals surface area contributed by atoms with Gasteiger partial charge in [0.25, 0.3) is 0 Å². The second-order valence-corrected chi connectivity index (χ2v) is 5.72. The van der Waals surface area contributed by atoms with E-state index < -0.39 is 0 Å². The molecule has 0 saturated carbocycles. The molecule has 8 heteroatoms. The first-order valence-electron chi connectivity index (χ1n) is 8.00. The van der Waals surface area contributed by atoms with E-state index in [0.717, 1.165) is 5.82 Å². The summed E-state index contributed by atoms with van der Waals surface area (Å²) in [6.07, 6.45) is 4.76. The Bertz CT molecular complexity index is 661. The molecule has 0 radical (unpaired) electrons. The molecule has 2 atom stereocenters. The molecule has 24 heavy (non-hydrogen) atoms. The number of nitrogens with zero attached hydrogens (tertiary/aromatic N) is 4.